The van der Waals surface area contributed by atoms with Crippen molar-refractivity contribution in [1.82, 2.24) is 5.32 Å². The molecule has 0 saturated carbocycles. The first kappa shape index (κ1) is 28.1. The fourth-order valence-corrected chi connectivity index (χ4v) is 5.48. The van der Waals surface area contributed by atoms with Crippen LogP contribution in [0.25, 0.3) is 0 Å². The smallest absolute Gasteiger partial charge is 0.374 e. The third-order valence-corrected chi connectivity index (χ3v) is 7.37. The average Bonchev–Trinajstić information content (AvgIpc) is 3.17. The van der Waals surface area contributed by atoms with Gasteiger partial charge in [-0.25, -0.2) is 8.42 Å². The van der Waals surface area contributed by atoms with E-state index in [0.29, 0.717) is 0 Å². The molecule has 2 aromatic carbocycles. The molecule has 1 aliphatic heterocycles. The maximum Gasteiger partial charge on any atom is 0.435 e. The first-order chi connectivity index (χ1) is 16.4. The number of sulfone groups is 1. The summed E-state index contributed by atoms with van der Waals surface area (Å²) in [6.45, 7) is -0.383. The minimum absolute atomic E-state index is 0.0362. The summed E-state index contributed by atoms with van der Waals surface area (Å²) >= 11 is 11.7. The van der Waals surface area contributed by atoms with Crippen LogP contribution in [0.15, 0.2) is 46.4 Å². The van der Waals surface area contributed by atoms with Crippen LogP contribution in [0.2, 0.25) is 10.0 Å². The SMILES string of the molecule is Cc1cc(C2=NOC(c3cc(Cl)cc(Cl)c3)(C(F)(F)F)C2)ccc1S(=O)(=O)CC(=O)NCC(F)(F)F. The van der Waals surface area contributed by atoms with E-state index in [1.165, 1.54) is 24.4 Å². The molecule has 0 spiro atoms. The molecule has 0 bridgehead atoms. The maximum absolute atomic E-state index is 14.1. The molecule has 0 aromatic heterocycles. The predicted octanol–water partition coefficient (Wildman–Crippen LogP) is 5.34. The first-order valence-corrected chi connectivity index (χ1v) is 12.3. The lowest BCUT2D eigenvalue weighted by molar-refractivity contribution is -0.275. The van der Waals surface area contributed by atoms with Gasteiger partial charge in [0.1, 0.15) is 12.3 Å². The maximum atomic E-state index is 14.1. The highest BCUT2D eigenvalue weighted by Gasteiger charge is 2.62. The van der Waals surface area contributed by atoms with Gasteiger partial charge in [-0.1, -0.05) is 34.4 Å². The Labute approximate surface area is 211 Å². The molecule has 3 rings (SSSR count). The van der Waals surface area contributed by atoms with Gasteiger partial charge >= 0.3 is 12.4 Å². The van der Waals surface area contributed by atoms with Gasteiger partial charge in [-0.15, -0.1) is 0 Å². The number of hydrogen-bond acceptors (Lipinski definition) is 5. The molecule has 1 N–H and O–H groups in total. The van der Waals surface area contributed by atoms with Crippen molar-refractivity contribution in [3.8, 4) is 0 Å². The van der Waals surface area contributed by atoms with Gasteiger partial charge in [0.25, 0.3) is 5.60 Å². The summed E-state index contributed by atoms with van der Waals surface area (Å²) in [6.07, 6.45) is -10.4. The van der Waals surface area contributed by atoms with E-state index in [9.17, 15) is 39.6 Å². The van der Waals surface area contributed by atoms with Crippen molar-refractivity contribution in [3.63, 3.8) is 0 Å². The summed E-state index contributed by atoms with van der Waals surface area (Å²) in [4.78, 5) is 16.2. The number of carbonyl (C=O) groups excluding carboxylic acids is 1. The molecule has 1 aliphatic rings. The fourth-order valence-electron chi connectivity index (χ4n) is 3.52. The van der Waals surface area contributed by atoms with E-state index in [4.69, 9.17) is 28.0 Å². The second-order valence-electron chi connectivity index (χ2n) is 7.92. The molecule has 1 atom stereocenters. The number of nitrogens with one attached hydrogen (secondary N) is 1. The fraction of sp³-hybridized carbons (Fsp3) is 0.333. The van der Waals surface area contributed by atoms with Crippen molar-refractivity contribution in [3.05, 3.63) is 63.1 Å². The molecular formula is C21H16Cl2F6N2O4S. The largest absolute Gasteiger partial charge is 0.435 e. The van der Waals surface area contributed by atoms with E-state index in [2.05, 4.69) is 5.16 Å². The zero-order chi connectivity index (χ0) is 27.1. The van der Waals surface area contributed by atoms with Crippen LogP contribution in [-0.2, 0) is 25.1 Å². The van der Waals surface area contributed by atoms with E-state index in [-0.39, 0.29) is 37.3 Å². The summed E-state index contributed by atoms with van der Waals surface area (Å²) in [7, 11) is -4.36. The zero-order valence-corrected chi connectivity index (χ0v) is 20.4. The highest BCUT2D eigenvalue weighted by atomic mass is 35.5. The average molecular weight is 577 g/mol. The van der Waals surface area contributed by atoms with Crippen molar-refractivity contribution in [2.45, 2.75) is 36.2 Å². The van der Waals surface area contributed by atoms with Crippen LogP contribution in [0.1, 0.15) is 23.1 Å². The van der Waals surface area contributed by atoms with Gasteiger partial charge in [0, 0.05) is 22.0 Å². The van der Waals surface area contributed by atoms with E-state index in [0.717, 1.165) is 24.3 Å². The highest BCUT2D eigenvalue weighted by Crippen LogP contribution is 2.49. The topological polar surface area (TPSA) is 84.8 Å². The second-order valence-corrected chi connectivity index (χ2v) is 10.8. The lowest BCUT2D eigenvalue weighted by Gasteiger charge is -2.29. The van der Waals surface area contributed by atoms with Crippen LogP contribution in [0, 0.1) is 6.92 Å². The van der Waals surface area contributed by atoms with Gasteiger partial charge in [0.15, 0.2) is 9.84 Å². The minimum atomic E-state index is -4.94. The van der Waals surface area contributed by atoms with Gasteiger partial charge in [-0.2, -0.15) is 26.3 Å². The predicted molar refractivity (Wildman–Crippen MR) is 119 cm³/mol. The Bertz CT molecular complexity index is 1310. The van der Waals surface area contributed by atoms with Crippen LogP contribution in [-0.4, -0.2) is 44.7 Å². The Morgan fingerprint density at radius 3 is 2.22 bits per heavy atom. The molecule has 6 nitrogen and oxygen atoms in total. The number of nitrogens with zero attached hydrogens (tertiary/aromatic N) is 1. The lowest BCUT2D eigenvalue weighted by atomic mass is 9.86. The van der Waals surface area contributed by atoms with Gasteiger partial charge in [0.2, 0.25) is 5.91 Å². The van der Waals surface area contributed by atoms with Crippen LogP contribution < -0.4 is 5.32 Å². The summed E-state index contributed by atoms with van der Waals surface area (Å²) in [5.41, 5.74) is -3.29. The molecule has 1 unspecified atom stereocenters. The van der Waals surface area contributed by atoms with Crippen LogP contribution in [0.5, 0.6) is 0 Å². The normalized spacial score (nSPS) is 18.5. The van der Waals surface area contributed by atoms with E-state index >= 15 is 0 Å². The number of halogens is 8. The third-order valence-electron chi connectivity index (χ3n) is 5.17. The van der Waals surface area contributed by atoms with Gasteiger partial charge in [0.05, 0.1) is 10.6 Å². The quantitative estimate of drug-likeness (QED) is 0.471. The molecular weight excluding hydrogens is 561 g/mol. The van der Waals surface area contributed by atoms with Gasteiger partial charge in [-0.05, 0) is 48.4 Å². The van der Waals surface area contributed by atoms with Crippen LogP contribution in [0.4, 0.5) is 26.3 Å². The Balaban J connectivity index is 1.86. The van der Waals surface area contributed by atoms with Crippen molar-refractivity contribution < 1.29 is 44.4 Å². The molecule has 1 heterocycles. The zero-order valence-electron chi connectivity index (χ0n) is 18.1. The Kier molecular flexibility index (Phi) is 7.60. The Morgan fingerprint density at radius 1 is 1.08 bits per heavy atom. The van der Waals surface area contributed by atoms with Crippen molar-refractivity contribution in [2.24, 2.45) is 5.16 Å². The van der Waals surface area contributed by atoms with Crippen LogP contribution in [0.3, 0.4) is 0 Å². The van der Waals surface area contributed by atoms with E-state index in [1.807, 2.05) is 0 Å². The summed E-state index contributed by atoms with van der Waals surface area (Å²) < 4.78 is 104. The number of rotatable bonds is 6. The lowest BCUT2D eigenvalue weighted by Crippen LogP contribution is -2.42. The Morgan fingerprint density at radius 2 is 1.69 bits per heavy atom. The highest BCUT2D eigenvalue weighted by molar-refractivity contribution is 7.92. The molecule has 2 aromatic rings. The number of alkyl halides is 6. The van der Waals surface area contributed by atoms with E-state index in [1.54, 1.807) is 0 Å². The van der Waals surface area contributed by atoms with Crippen molar-refractivity contribution in [2.75, 3.05) is 12.3 Å². The number of benzene rings is 2. The monoisotopic (exact) mass is 576 g/mol. The van der Waals surface area contributed by atoms with Gasteiger partial charge in [-0.3, -0.25) is 4.79 Å². The number of hydrogen-bond donors (Lipinski definition) is 1. The molecule has 0 fully saturated rings. The molecule has 0 radical (unpaired) electrons. The molecule has 15 heteroatoms. The standard InChI is InChI=1S/C21H16Cl2F6N2O4S/c1-11-4-12(2-3-17(11)36(33,34)9-18(32)30-10-20(24,25)26)16-8-19(35-31-16,21(27,28)29)13-5-14(22)7-15(23)6-13/h2-7H,8-10H2,1H3,(H,30,32). The minimum Gasteiger partial charge on any atom is -0.374 e. The van der Waals surface area contributed by atoms with Crippen molar-refractivity contribution >= 4 is 44.7 Å². The third kappa shape index (κ3) is 6.06. The molecule has 0 saturated heterocycles. The number of oxime groups is 1. The number of amides is 1. The summed E-state index contributed by atoms with van der Waals surface area (Å²) in [5, 5.41) is 4.94. The van der Waals surface area contributed by atoms with Crippen molar-refractivity contribution in [1.29, 1.82) is 0 Å². The van der Waals surface area contributed by atoms with Crippen LogP contribution >= 0.6 is 23.2 Å². The molecule has 36 heavy (non-hydrogen) atoms. The molecule has 1 amide bonds. The summed E-state index contributed by atoms with van der Waals surface area (Å²) in [5.74, 6) is -2.61. The Hall–Kier alpha value is -2.51. The molecule has 0 aliphatic carbocycles. The van der Waals surface area contributed by atoms with E-state index < -0.39 is 52.4 Å². The first-order valence-electron chi connectivity index (χ1n) is 9.89. The summed E-state index contributed by atoms with van der Waals surface area (Å²) in [6, 6.07) is 6.75. The molecule has 196 valence electrons. The second kappa shape index (κ2) is 9.75. The van der Waals surface area contributed by atoms with Gasteiger partial charge < -0.3 is 10.2 Å². The number of aryl methyl sites for hydroxylation is 1. The number of carbonyl (C=O) groups is 1.